The minimum atomic E-state index is -0.756. The predicted molar refractivity (Wildman–Crippen MR) is 112 cm³/mol. The minimum Gasteiger partial charge on any atom is -0.449 e. The average Bonchev–Trinajstić information content (AvgIpc) is 3.06. The molecule has 1 aliphatic carbocycles. The molecule has 1 unspecified atom stereocenters. The molecule has 0 aromatic heterocycles. The van der Waals surface area contributed by atoms with Crippen LogP contribution in [0.15, 0.2) is 71.2 Å². The van der Waals surface area contributed by atoms with E-state index in [0.717, 1.165) is 22.3 Å². The summed E-state index contributed by atoms with van der Waals surface area (Å²) in [6.07, 6.45) is -0.658. The second-order valence-electron chi connectivity index (χ2n) is 6.88. The van der Waals surface area contributed by atoms with Gasteiger partial charge in [0.25, 0.3) is 0 Å². The van der Waals surface area contributed by atoms with Gasteiger partial charge in [-0.05, 0) is 55.9 Å². The van der Waals surface area contributed by atoms with Gasteiger partial charge in [0.05, 0.1) is 17.1 Å². The third kappa shape index (κ3) is 3.91. The van der Waals surface area contributed by atoms with Crippen LogP contribution in [-0.2, 0) is 4.74 Å². The zero-order valence-corrected chi connectivity index (χ0v) is 17.0. The summed E-state index contributed by atoms with van der Waals surface area (Å²) >= 11 is 3.09. The number of halogens is 2. The van der Waals surface area contributed by atoms with Crippen molar-refractivity contribution in [3.63, 3.8) is 0 Å². The normalized spacial score (nSPS) is 13.5. The first-order valence-corrected chi connectivity index (χ1v) is 10.0. The zero-order chi connectivity index (χ0) is 20.4. The van der Waals surface area contributed by atoms with Crippen LogP contribution in [0.4, 0.5) is 9.18 Å². The lowest BCUT2D eigenvalue weighted by Gasteiger charge is -2.19. The molecule has 1 amide bonds. The highest BCUT2D eigenvalue weighted by Gasteiger charge is 2.29. The van der Waals surface area contributed by atoms with E-state index in [0.29, 0.717) is 10.0 Å². The number of hydrogen-bond acceptors (Lipinski definition) is 3. The van der Waals surface area contributed by atoms with Crippen LogP contribution in [0.25, 0.3) is 11.1 Å². The lowest BCUT2D eigenvalue weighted by atomic mass is 9.98. The maximum Gasteiger partial charge on any atom is 0.407 e. The van der Waals surface area contributed by atoms with Crippen molar-refractivity contribution in [1.29, 1.82) is 0 Å². The summed E-state index contributed by atoms with van der Waals surface area (Å²) in [6, 6.07) is 19.8. The molecule has 0 radical (unpaired) electrons. The fraction of sp³-hybridized carbons (Fsp3) is 0.174. The smallest absolute Gasteiger partial charge is 0.407 e. The predicted octanol–water partition coefficient (Wildman–Crippen LogP) is 5.16. The lowest BCUT2D eigenvalue weighted by molar-refractivity contribution is 0.132. The SMILES string of the molecule is O=C(NC(CO)c1ccc(Br)c(F)c1)OCC1c2ccccc2-c2ccccc21. The van der Waals surface area contributed by atoms with Gasteiger partial charge in [-0.2, -0.15) is 0 Å². The van der Waals surface area contributed by atoms with Crippen LogP contribution in [0.2, 0.25) is 0 Å². The Hall–Kier alpha value is -2.70. The van der Waals surface area contributed by atoms with Gasteiger partial charge in [0.15, 0.2) is 0 Å². The average molecular weight is 456 g/mol. The number of nitrogens with one attached hydrogen (secondary N) is 1. The fourth-order valence-electron chi connectivity index (χ4n) is 3.75. The number of hydrogen-bond donors (Lipinski definition) is 2. The Bertz CT molecular complexity index is 1010. The maximum atomic E-state index is 13.8. The molecule has 0 heterocycles. The number of carbonyl (C=O) groups is 1. The second kappa shape index (κ2) is 8.35. The van der Waals surface area contributed by atoms with Crippen LogP contribution >= 0.6 is 15.9 Å². The van der Waals surface area contributed by atoms with Crippen molar-refractivity contribution in [1.82, 2.24) is 5.32 Å². The van der Waals surface area contributed by atoms with Gasteiger partial charge < -0.3 is 15.2 Å². The van der Waals surface area contributed by atoms with E-state index < -0.39 is 18.0 Å². The molecule has 0 spiro atoms. The molecule has 6 heteroatoms. The number of ether oxygens (including phenoxy) is 1. The molecule has 4 nitrogen and oxygen atoms in total. The molecule has 1 atom stereocenters. The van der Waals surface area contributed by atoms with Crippen LogP contribution in [0.3, 0.4) is 0 Å². The van der Waals surface area contributed by atoms with E-state index in [1.807, 2.05) is 36.4 Å². The Morgan fingerprint density at radius 2 is 1.69 bits per heavy atom. The molecule has 0 saturated heterocycles. The standard InChI is InChI=1S/C23H19BrFNO3/c24-20-10-9-14(11-21(20)25)22(12-27)26-23(28)29-13-19-17-7-3-1-5-15(17)16-6-2-4-8-18(16)19/h1-11,19,22,27H,12-13H2,(H,26,28). The number of rotatable bonds is 5. The summed E-state index contributed by atoms with van der Waals surface area (Å²) in [5.74, 6) is -0.513. The molecule has 2 N–H and O–H groups in total. The van der Waals surface area contributed by atoms with Crippen molar-refractivity contribution >= 4 is 22.0 Å². The number of benzene rings is 3. The monoisotopic (exact) mass is 455 g/mol. The first-order valence-electron chi connectivity index (χ1n) is 9.26. The number of alkyl carbamates (subject to hydrolysis) is 1. The number of aliphatic hydroxyl groups is 1. The number of amides is 1. The van der Waals surface area contributed by atoms with Crippen LogP contribution < -0.4 is 5.32 Å². The van der Waals surface area contributed by atoms with Gasteiger partial charge in [0.2, 0.25) is 0 Å². The summed E-state index contributed by atoms with van der Waals surface area (Å²) in [5, 5.41) is 12.2. The van der Waals surface area contributed by atoms with E-state index >= 15 is 0 Å². The molecule has 0 saturated carbocycles. The largest absolute Gasteiger partial charge is 0.449 e. The third-order valence-corrected chi connectivity index (χ3v) is 5.81. The molecule has 3 aromatic carbocycles. The second-order valence-corrected chi connectivity index (χ2v) is 7.73. The summed E-state index contributed by atoms with van der Waals surface area (Å²) in [6.45, 7) is -0.196. The molecule has 0 fully saturated rings. The first kappa shape index (κ1) is 19.6. The summed E-state index contributed by atoms with van der Waals surface area (Å²) in [4.78, 5) is 12.4. The molecule has 4 rings (SSSR count). The minimum absolute atomic E-state index is 0.0501. The Morgan fingerprint density at radius 3 is 2.28 bits per heavy atom. The van der Waals surface area contributed by atoms with Crippen molar-refractivity contribution in [2.45, 2.75) is 12.0 Å². The lowest BCUT2D eigenvalue weighted by Crippen LogP contribution is -2.32. The highest BCUT2D eigenvalue weighted by molar-refractivity contribution is 9.10. The van der Waals surface area contributed by atoms with Gasteiger partial charge in [-0.1, -0.05) is 54.6 Å². The summed E-state index contributed by atoms with van der Waals surface area (Å²) in [7, 11) is 0. The van der Waals surface area contributed by atoms with Crippen LogP contribution in [0.1, 0.15) is 28.7 Å². The van der Waals surface area contributed by atoms with Gasteiger partial charge in [0.1, 0.15) is 12.4 Å². The third-order valence-electron chi connectivity index (χ3n) is 5.16. The van der Waals surface area contributed by atoms with Gasteiger partial charge in [-0.15, -0.1) is 0 Å². The highest BCUT2D eigenvalue weighted by Crippen LogP contribution is 2.44. The zero-order valence-electron chi connectivity index (χ0n) is 15.4. The summed E-state index contributed by atoms with van der Waals surface area (Å²) in [5.41, 5.74) is 5.00. The van der Waals surface area contributed by atoms with Crippen molar-refractivity contribution in [3.05, 3.63) is 93.7 Å². The fourth-order valence-corrected chi connectivity index (χ4v) is 3.99. The molecule has 29 heavy (non-hydrogen) atoms. The van der Waals surface area contributed by atoms with Crippen molar-refractivity contribution < 1.29 is 19.0 Å². The van der Waals surface area contributed by atoms with Crippen LogP contribution in [0.5, 0.6) is 0 Å². The summed E-state index contributed by atoms with van der Waals surface area (Å²) < 4.78 is 19.6. The topological polar surface area (TPSA) is 58.6 Å². The van der Waals surface area contributed by atoms with E-state index in [9.17, 15) is 14.3 Å². The highest BCUT2D eigenvalue weighted by atomic mass is 79.9. The molecule has 0 aliphatic heterocycles. The molecular weight excluding hydrogens is 437 g/mol. The van der Waals surface area contributed by atoms with Crippen molar-refractivity contribution in [2.24, 2.45) is 0 Å². The Balaban J connectivity index is 1.46. The van der Waals surface area contributed by atoms with E-state index in [1.165, 1.54) is 12.1 Å². The Labute approximate surface area is 176 Å². The van der Waals surface area contributed by atoms with Crippen LogP contribution in [-0.4, -0.2) is 24.4 Å². The quantitative estimate of drug-likeness (QED) is 0.558. The Morgan fingerprint density at radius 1 is 1.07 bits per heavy atom. The van der Waals surface area contributed by atoms with Crippen LogP contribution in [0, 0.1) is 5.82 Å². The van der Waals surface area contributed by atoms with E-state index in [4.69, 9.17) is 4.74 Å². The molecular formula is C23H19BrFNO3. The number of aliphatic hydroxyl groups excluding tert-OH is 1. The molecule has 3 aromatic rings. The van der Waals surface area contributed by atoms with Gasteiger partial charge in [-0.3, -0.25) is 0 Å². The first-order chi connectivity index (χ1) is 14.1. The Kier molecular flexibility index (Phi) is 5.65. The molecule has 148 valence electrons. The number of fused-ring (bicyclic) bond motifs is 3. The van der Waals surface area contributed by atoms with Crippen molar-refractivity contribution in [3.8, 4) is 11.1 Å². The molecule has 1 aliphatic rings. The van der Waals surface area contributed by atoms with Gasteiger partial charge in [-0.25, -0.2) is 9.18 Å². The van der Waals surface area contributed by atoms with E-state index in [1.54, 1.807) is 6.07 Å². The van der Waals surface area contributed by atoms with E-state index in [2.05, 4.69) is 33.4 Å². The van der Waals surface area contributed by atoms with Gasteiger partial charge >= 0.3 is 6.09 Å². The van der Waals surface area contributed by atoms with Crippen molar-refractivity contribution in [2.75, 3.05) is 13.2 Å². The molecule has 0 bridgehead atoms. The van der Waals surface area contributed by atoms with Gasteiger partial charge in [0, 0.05) is 5.92 Å². The number of carbonyl (C=O) groups excluding carboxylic acids is 1. The van der Waals surface area contributed by atoms with E-state index in [-0.39, 0.29) is 19.1 Å². The maximum absolute atomic E-state index is 13.8.